The van der Waals surface area contributed by atoms with Gasteiger partial charge in [0.05, 0.1) is 18.1 Å². The summed E-state index contributed by atoms with van der Waals surface area (Å²) in [5, 5.41) is 13.9. The van der Waals surface area contributed by atoms with Crippen molar-refractivity contribution in [2.45, 2.75) is 6.04 Å². The molecule has 7 nitrogen and oxygen atoms in total. The van der Waals surface area contributed by atoms with Crippen molar-refractivity contribution in [2.24, 2.45) is 0 Å². The maximum Gasteiger partial charge on any atom is 0.305 e. The molecule has 8 heteroatoms. The molecule has 2 aromatic carbocycles. The van der Waals surface area contributed by atoms with Gasteiger partial charge in [-0.05, 0) is 17.7 Å². The molecule has 1 aliphatic heterocycles. The van der Waals surface area contributed by atoms with Crippen molar-refractivity contribution in [2.75, 3.05) is 32.8 Å². The van der Waals surface area contributed by atoms with Crippen molar-refractivity contribution in [3.8, 4) is 0 Å². The van der Waals surface area contributed by atoms with Crippen molar-refractivity contribution in [3.63, 3.8) is 0 Å². The summed E-state index contributed by atoms with van der Waals surface area (Å²) in [5.41, 5.74) is 0.292. The van der Waals surface area contributed by atoms with Crippen molar-refractivity contribution >= 4 is 11.6 Å². The number of benzene rings is 2. The number of rotatable bonds is 6. The number of carbonyl (C=O) groups is 1. The highest BCUT2D eigenvalue weighted by Gasteiger charge is 2.24. The molecule has 1 heterocycles. The van der Waals surface area contributed by atoms with Gasteiger partial charge in [0, 0.05) is 11.6 Å². The molecule has 1 aliphatic rings. The van der Waals surface area contributed by atoms with E-state index < -0.39 is 22.3 Å². The first-order chi connectivity index (χ1) is 13.0. The summed E-state index contributed by atoms with van der Waals surface area (Å²) < 4.78 is 18.9. The van der Waals surface area contributed by atoms with E-state index in [4.69, 9.17) is 4.74 Å². The second-order valence-electron chi connectivity index (χ2n) is 6.43. The number of nitrogens with one attached hydrogen (secondary N) is 2. The molecule has 0 saturated carbocycles. The Bertz CT molecular complexity index is 810. The van der Waals surface area contributed by atoms with Gasteiger partial charge in [-0.2, -0.15) is 4.39 Å². The van der Waals surface area contributed by atoms with Crippen LogP contribution in [0.1, 0.15) is 22.0 Å². The largest absolute Gasteiger partial charge is 0.370 e. The SMILES string of the molecule is O=C(N[C@@H](C[NH+]1CCOCC1)c1ccccc1)c1ccc(F)c([N+](=O)[O-])c1. The Morgan fingerprint density at radius 2 is 1.93 bits per heavy atom. The van der Waals surface area contributed by atoms with E-state index in [9.17, 15) is 19.3 Å². The fraction of sp³-hybridized carbons (Fsp3) is 0.316. The second-order valence-corrected chi connectivity index (χ2v) is 6.43. The molecule has 0 unspecified atom stereocenters. The van der Waals surface area contributed by atoms with Crippen LogP contribution in [-0.2, 0) is 4.74 Å². The van der Waals surface area contributed by atoms with E-state index in [1.54, 1.807) is 0 Å². The first-order valence-electron chi connectivity index (χ1n) is 8.75. The number of nitrogens with zero attached hydrogens (tertiary/aromatic N) is 1. The topological polar surface area (TPSA) is 85.9 Å². The molecule has 2 N–H and O–H groups in total. The minimum atomic E-state index is -0.964. The summed E-state index contributed by atoms with van der Waals surface area (Å²) in [6, 6.07) is 12.4. The zero-order chi connectivity index (χ0) is 19.2. The number of halogens is 1. The predicted octanol–water partition coefficient (Wildman–Crippen LogP) is 1.12. The van der Waals surface area contributed by atoms with Gasteiger partial charge in [0.15, 0.2) is 0 Å². The van der Waals surface area contributed by atoms with Crippen LogP contribution >= 0.6 is 0 Å². The zero-order valence-corrected chi connectivity index (χ0v) is 14.7. The molecule has 1 fully saturated rings. The lowest BCUT2D eigenvalue weighted by Crippen LogP contribution is -3.14. The Morgan fingerprint density at radius 1 is 1.22 bits per heavy atom. The number of nitro groups is 1. The third-order valence-electron chi connectivity index (χ3n) is 4.60. The van der Waals surface area contributed by atoms with E-state index in [1.807, 2.05) is 30.3 Å². The van der Waals surface area contributed by atoms with Crippen LogP contribution in [0.3, 0.4) is 0 Å². The highest BCUT2D eigenvalue weighted by molar-refractivity contribution is 5.95. The highest BCUT2D eigenvalue weighted by atomic mass is 19.1. The van der Waals surface area contributed by atoms with Gasteiger partial charge in [-0.1, -0.05) is 30.3 Å². The Labute approximate surface area is 155 Å². The standard InChI is InChI=1S/C19H20FN3O4/c20-16-7-6-15(12-18(16)23(25)26)19(24)21-17(14-4-2-1-3-5-14)13-22-8-10-27-11-9-22/h1-7,12,17H,8-11,13H2,(H,21,24)/p+1/t17-/m0/s1. The molecule has 1 amide bonds. The zero-order valence-electron chi connectivity index (χ0n) is 14.7. The summed E-state index contributed by atoms with van der Waals surface area (Å²) in [7, 11) is 0. The Balaban J connectivity index is 1.79. The number of hydrogen-bond acceptors (Lipinski definition) is 4. The van der Waals surface area contributed by atoms with Gasteiger partial charge in [-0.25, -0.2) is 0 Å². The summed E-state index contributed by atoms with van der Waals surface area (Å²) in [6.45, 7) is 3.72. The molecule has 0 radical (unpaired) electrons. The van der Waals surface area contributed by atoms with E-state index >= 15 is 0 Å². The minimum Gasteiger partial charge on any atom is -0.370 e. The van der Waals surface area contributed by atoms with Crippen LogP contribution in [0.15, 0.2) is 48.5 Å². The van der Waals surface area contributed by atoms with Crippen molar-refractivity contribution in [1.29, 1.82) is 0 Å². The van der Waals surface area contributed by atoms with Crippen LogP contribution < -0.4 is 10.2 Å². The van der Waals surface area contributed by atoms with E-state index in [2.05, 4.69) is 5.32 Å². The summed E-state index contributed by atoms with van der Waals surface area (Å²) >= 11 is 0. The molecular formula is C19H21FN3O4+. The quantitative estimate of drug-likeness (QED) is 0.586. The maximum atomic E-state index is 13.5. The van der Waals surface area contributed by atoms with E-state index in [-0.39, 0.29) is 11.6 Å². The molecule has 142 valence electrons. The van der Waals surface area contributed by atoms with Gasteiger partial charge in [0.2, 0.25) is 5.82 Å². The monoisotopic (exact) mass is 374 g/mol. The van der Waals surface area contributed by atoms with Crippen LogP contribution in [0.2, 0.25) is 0 Å². The molecule has 27 heavy (non-hydrogen) atoms. The van der Waals surface area contributed by atoms with E-state index in [1.165, 1.54) is 11.0 Å². The van der Waals surface area contributed by atoms with Crippen LogP contribution in [0, 0.1) is 15.9 Å². The molecule has 0 aliphatic carbocycles. The fourth-order valence-electron chi connectivity index (χ4n) is 3.13. The average Bonchev–Trinajstić information content (AvgIpc) is 2.69. The smallest absolute Gasteiger partial charge is 0.305 e. The van der Waals surface area contributed by atoms with E-state index in [0.29, 0.717) is 19.8 Å². The fourth-order valence-corrected chi connectivity index (χ4v) is 3.13. The second kappa shape index (κ2) is 8.70. The van der Waals surface area contributed by atoms with Crippen molar-refractivity contribution in [3.05, 3.63) is 75.6 Å². The number of morpholine rings is 1. The number of hydrogen-bond donors (Lipinski definition) is 2. The van der Waals surface area contributed by atoms with Crippen LogP contribution in [0.25, 0.3) is 0 Å². The summed E-state index contributed by atoms with van der Waals surface area (Å²) in [6.07, 6.45) is 0. The van der Waals surface area contributed by atoms with Gasteiger partial charge < -0.3 is 15.0 Å². The van der Waals surface area contributed by atoms with Gasteiger partial charge in [0.25, 0.3) is 5.91 Å². The Kier molecular flexibility index (Phi) is 6.10. The lowest BCUT2D eigenvalue weighted by molar-refractivity contribution is -0.909. The van der Waals surface area contributed by atoms with Gasteiger partial charge in [0.1, 0.15) is 25.7 Å². The molecule has 0 spiro atoms. The molecule has 3 rings (SSSR count). The molecule has 0 bridgehead atoms. The molecular weight excluding hydrogens is 353 g/mol. The molecule has 2 aromatic rings. The molecule has 1 atom stereocenters. The minimum absolute atomic E-state index is 0.0565. The van der Waals surface area contributed by atoms with Crippen molar-refractivity contribution in [1.82, 2.24) is 5.32 Å². The van der Waals surface area contributed by atoms with Gasteiger partial charge >= 0.3 is 5.69 Å². The first kappa shape index (κ1) is 18.9. The normalized spacial score (nSPS) is 15.9. The number of ether oxygens (including phenoxy) is 1. The Morgan fingerprint density at radius 3 is 2.59 bits per heavy atom. The predicted molar refractivity (Wildman–Crippen MR) is 96.1 cm³/mol. The highest BCUT2D eigenvalue weighted by Crippen LogP contribution is 2.19. The van der Waals surface area contributed by atoms with Crippen LogP contribution in [-0.4, -0.2) is 43.7 Å². The van der Waals surface area contributed by atoms with Crippen LogP contribution in [0.5, 0.6) is 0 Å². The summed E-state index contributed by atoms with van der Waals surface area (Å²) in [5.74, 6) is -1.44. The Hall–Kier alpha value is -2.84. The lowest BCUT2D eigenvalue weighted by atomic mass is 10.0. The molecule has 1 saturated heterocycles. The third-order valence-corrected chi connectivity index (χ3v) is 4.60. The summed E-state index contributed by atoms with van der Waals surface area (Å²) in [4.78, 5) is 24.1. The van der Waals surface area contributed by atoms with Gasteiger partial charge in [-0.15, -0.1) is 0 Å². The lowest BCUT2D eigenvalue weighted by Gasteiger charge is -2.28. The average molecular weight is 374 g/mol. The molecule has 0 aromatic heterocycles. The van der Waals surface area contributed by atoms with Crippen molar-refractivity contribution < 1.29 is 23.7 Å². The van der Waals surface area contributed by atoms with Crippen LogP contribution in [0.4, 0.5) is 10.1 Å². The number of amides is 1. The third kappa shape index (κ3) is 4.87. The number of carbonyl (C=O) groups excluding carboxylic acids is 1. The maximum absolute atomic E-state index is 13.5. The van der Waals surface area contributed by atoms with Gasteiger partial charge in [-0.3, -0.25) is 14.9 Å². The first-order valence-corrected chi connectivity index (χ1v) is 8.75. The van der Waals surface area contributed by atoms with E-state index in [0.717, 1.165) is 30.8 Å². The number of nitro benzene ring substituents is 1. The number of quaternary nitrogens is 1.